The molecule has 42 heavy (non-hydrogen) atoms. The first-order valence-electron chi connectivity index (χ1n) is 12.4. The molecule has 2 aromatic carbocycles. The number of anilines is 2. The number of hydrogen-bond acceptors (Lipinski definition) is 4. The van der Waals surface area contributed by atoms with Crippen LogP contribution in [0.1, 0.15) is 25.7 Å². The van der Waals surface area contributed by atoms with Gasteiger partial charge in [0.15, 0.2) is 0 Å². The molecule has 0 aliphatic heterocycles. The zero-order chi connectivity index (χ0) is 31.3. The summed E-state index contributed by atoms with van der Waals surface area (Å²) in [5.41, 5.74) is 24.8. The van der Waals surface area contributed by atoms with Gasteiger partial charge >= 0.3 is 11.9 Å². The zero-order valence-electron chi connectivity index (χ0n) is 22.6. The van der Waals surface area contributed by atoms with Crippen LogP contribution in [0.2, 0.25) is 10.0 Å². The summed E-state index contributed by atoms with van der Waals surface area (Å²) < 4.78 is 0. The molecule has 16 heteroatoms. The fourth-order valence-corrected chi connectivity index (χ4v) is 3.09. The van der Waals surface area contributed by atoms with Crippen molar-refractivity contribution in [2.75, 3.05) is 23.7 Å². The van der Waals surface area contributed by atoms with Crippen molar-refractivity contribution in [1.29, 1.82) is 0 Å². The lowest BCUT2D eigenvalue weighted by Gasteiger charge is -2.05. The molecule has 12 N–H and O–H groups in total. The molecule has 226 valence electrons. The van der Waals surface area contributed by atoms with E-state index in [9.17, 15) is 9.59 Å². The number of benzene rings is 2. The third kappa shape index (κ3) is 18.5. The number of carboxylic acid groups (broad SMARTS) is 2. The highest BCUT2D eigenvalue weighted by Crippen LogP contribution is 2.13. The van der Waals surface area contributed by atoms with Crippen molar-refractivity contribution in [3.05, 3.63) is 70.7 Å². The Morgan fingerprint density at radius 3 is 1.29 bits per heavy atom. The Balaban J connectivity index is 0.000000962. The van der Waals surface area contributed by atoms with Crippen molar-refractivity contribution in [3.63, 3.8) is 0 Å². The fourth-order valence-electron chi connectivity index (χ4n) is 2.84. The third-order valence-corrected chi connectivity index (χ3v) is 5.19. The Morgan fingerprint density at radius 1 is 0.643 bits per heavy atom. The Morgan fingerprint density at radius 2 is 0.976 bits per heavy atom. The lowest BCUT2D eigenvalue weighted by atomic mass is 10.2. The molecule has 0 aliphatic rings. The molecule has 0 atom stereocenters. The lowest BCUT2D eigenvalue weighted by molar-refractivity contribution is -0.134. The summed E-state index contributed by atoms with van der Waals surface area (Å²) in [6.07, 6.45) is 4.80. The Bertz CT molecular complexity index is 1200. The van der Waals surface area contributed by atoms with E-state index in [0.29, 0.717) is 35.3 Å². The van der Waals surface area contributed by atoms with Gasteiger partial charge in [-0.15, -0.1) is 0 Å². The van der Waals surface area contributed by atoms with E-state index in [4.69, 9.17) is 56.3 Å². The van der Waals surface area contributed by atoms with Crippen LogP contribution < -0.4 is 33.6 Å². The number of hydrogen-bond donors (Lipinski definition) is 8. The number of nitrogens with zero attached hydrogens (tertiary/aromatic N) is 4. The van der Waals surface area contributed by atoms with E-state index in [1.54, 1.807) is 48.5 Å². The molecule has 0 radical (unpaired) electrons. The Kier molecular flexibility index (Phi) is 16.9. The van der Waals surface area contributed by atoms with E-state index in [2.05, 4.69) is 30.6 Å². The molecular weight excluding hydrogens is 587 g/mol. The number of guanidine groups is 4. The van der Waals surface area contributed by atoms with Crippen molar-refractivity contribution >= 4 is 70.4 Å². The second-order valence-corrected chi connectivity index (χ2v) is 9.03. The summed E-state index contributed by atoms with van der Waals surface area (Å²) in [6, 6.07) is 14.1. The fraction of sp³-hybridized carbons (Fsp3) is 0.231. The maximum absolute atomic E-state index is 9.55. The van der Waals surface area contributed by atoms with Crippen molar-refractivity contribution in [2.24, 2.45) is 42.9 Å². The molecule has 0 amide bonds. The monoisotopic (exact) mass is 620 g/mol. The van der Waals surface area contributed by atoms with Gasteiger partial charge in [0.25, 0.3) is 0 Å². The second-order valence-electron chi connectivity index (χ2n) is 8.16. The molecule has 2 rings (SSSR count). The van der Waals surface area contributed by atoms with Gasteiger partial charge in [-0.3, -0.25) is 9.98 Å². The van der Waals surface area contributed by atoms with Crippen molar-refractivity contribution in [2.45, 2.75) is 25.7 Å². The first-order chi connectivity index (χ1) is 19.9. The minimum atomic E-state index is -1.26. The second kappa shape index (κ2) is 20.1. The quantitative estimate of drug-likeness (QED) is 0.0787. The van der Waals surface area contributed by atoms with Crippen LogP contribution in [0.5, 0.6) is 0 Å². The van der Waals surface area contributed by atoms with E-state index in [1.807, 2.05) is 0 Å². The maximum atomic E-state index is 9.55. The van der Waals surface area contributed by atoms with Crippen molar-refractivity contribution < 1.29 is 19.8 Å². The summed E-state index contributed by atoms with van der Waals surface area (Å²) in [6.45, 7) is 1.12. The minimum absolute atomic E-state index is 0.124. The molecule has 0 aliphatic carbocycles. The van der Waals surface area contributed by atoms with Crippen LogP contribution in [0.4, 0.5) is 11.4 Å². The van der Waals surface area contributed by atoms with Gasteiger partial charge in [-0.25, -0.2) is 9.59 Å². The average Bonchev–Trinajstić information content (AvgIpc) is 2.92. The SMILES string of the molecule is NC(=NCCCCCCN=C(N)/N=C(\N)Nc1ccc(Cl)cc1)/N=C(\N)Nc1ccc(Cl)cc1.O=C(O)/C=C\C(=O)O. The molecule has 0 saturated heterocycles. The van der Waals surface area contributed by atoms with Gasteiger partial charge in [-0.2, -0.15) is 9.98 Å². The molecule has 14 nitrogen and oxygen atoms in total. The molecule has 0 saturated carbocycles. The normalized spacial score (nSPS) is 12.4. The first-order valence-corrected chi connectivity index (χ1v) is 13.2. The summed E-state index contributed by atoms with van der Waals surface area (Å²) >= 11 is 11.7. The predicted octanol–water partition coefficient (Wildman–Crippen LogP) is 3.05. The number of halogens is 2. The first kappa shape index (κ1) is 35.2. The topological polar surface area (TPSA) is 252 Å². The highest BCUT2D eigenvalue weighted by Gasteiger charge is 1.99. The van der Waals surface area contributed by atoms with Crippen LogP contribution in [0.15, 0.2) is 80.7 Å². The molecule has 0 unspecified atom stereocenters. The number of carboxylic acids is 2. The number of unbranched alkanes of at least 4 members (excludes halogenated alkanes) is 3. The summed E-state index contributed by atoms with van der Waals surface area (Å²) in [5, 5.41) is 22.7. The highest BCUT2D eigenvalue weighted by atomic mass is 35.5. The highest BCUT2D eigenvalue weighted by molar-refractivity contribution is 6.31. The van der Waals surface area contributed by atoms with Gasteiger partial charge in [-0.05, 0) is 61.4 Å². The number of aliphatic imine (C=N–C) groups is 4. The van der Waals surface area contributed by atoms with Crippen molar-refractivity contribution in [3.8, 4) is 0 Å². The Labute approximate surface area is 252 Å². The molecule has 2 aromatic rings. The van der Waals surface area contributed by atoms with E-state index in [1.165, 1.54) is 0 Å². The number of nitrogens with one attached hydrogen (secondary N) is 2. The number of rotatable bonds is 11. The van der Waals surface area contributed by atoms with E-state index in [-0.39, 0.29) is 23.8 Å². The summed E-state index contributed by atoms with van der Waals surface area (Å²) in [4.78, 5) is 35.6. The number of aliphatic carboxylic acids is 2. The number of nitrogens with two attached hydrogens (primary N) is 4. The van der Waals surface area contributed by atoms with Gasteiger partial charge < -0.3 is 43.8 Å². The average molecular weight is 622 g/mol. The molecular formula is C26H34Cl2N10O4. The van der Waals surface area contributed by atoms with Gasteiger partial charge in [0, 0.05) is 46.7 Å². The van der Waals surface area contributed by atoms with E-state index in [0.717, 1.165) is 37.1 Å². The van der Waals surface area contributed by atoms with Crippen LogP contribution in [-0.2, 0) is 9.59 Å². The van der Waals surface area contributed by atoms with Gasteiger partial charge in [0.2, 0.25) is 23.8 Å². The van der Waals surface area contributed by atoms with Crippen LogP contribution in [0, 0.1) is 0 Å². The molecule has 0 fully saturated rings. The smallest absolute Gasteiger partial charge is 0.328 e. The van der Waals surface area contributed by atoms with Crippen LogP contribution in [0.25, 0.3) is 0 Å². The van der Waals surface area contributed by atoms with Gasteiger partial charge in [0.05, 0.1) is 0 Å². The largest absolute Gasteiger partial charge is 0.478 e. The Hall–Kier alpha value is -4.82. The summed E-state index contributed by atoms with van der Waals surface area (Å²) in [5.74, 6) is -1.95. The van der Waals surface area contributed by atoms with E-state index >= 15 is 0 Å². The van der Waals surface area contributed by atoms with Gasteiger partial charge in [0.1, 0.15) is 0 Å². The zero-order valence-corrected chi connectivity index (χ0v) is 24.1. The van der Waals surface area contributed by atoms with Crippen LogP contribution in [0.3, 0.4) is 0 Å². The minimum Gasteiger partial charge on any atom is -0.478 e. The van der Waals surface area contributed by atoms with Crippen LogP contribution in [-0.4, -0.2) is 59.1 Å². The van der Waals surface area contributed by atoms with Crippen molar-refractivity contribution in [1.82, 2.24) is 0 Å². The number of carbonyl (C=O) groups is 2. The maximum Gasteiger partial charge on any atom is 0.328 e. The molecule has 0 heterocycles. The summed E-state index contributed by atoms with van der Waals surface area (Å²) in [7, 11) is 0. The lowest BCUT2D eigenvalue weighted by Crippen LogP contribution is -2.26. The molecule has 0 bridgehead atoms. The molecule has 0 spiro atoms. The molecule has 0 aromatic heterocycles. The van der Waals surface area contributed by atoms with Crippen LogP contribution >= 0.6 is 23.2 Å². The van der Waals surface area contributed by atoms with E-state index < -0.39 is 11.9 Å². The standard InChI is InChI=1S/C22H30Cl2N10.C4H4O4/c23-15-5-9-17(10-6-15)31-21(27)33-19(25)29-13-3-1-2-4-14-30-20(26)34-22(28)32-18-11-7-16(24)8-12-18;5-3(6)1-2-4(7)8/h5-12H,1-4,13-14H2,(H5,25,27,29,31,33)(H5,26,28,30,32,34);1-2H,(H,5,6)(H,7,8)/b;2-1-. The predicted molar refractivity (Wildman–Crippen MR) is 169 cm³/mol. The third-order valence-electron chi connectivity index (χ3n) is 4.69. The van der Waals surface area contributed by atoms with Gasteiger partial charge in [-0.1, -0.05) is 36.0 Å².